The first-order valence-corrected chi connectivity index (χ1v) is 6.03. The lowest BCUT2D eigenvalue weighted by Crippen LogP contribution is -2.23. The van der Waals surface area contributed by atoms with Gasteiger partial charge >= 0.3 is 0 Å². The second-order valence-electron chi connectivity index (χ2n) is 4.30. The van der Waals surface area contributed by atoms with Gasteiger partial charge in [0.1, 0.15) is 0 Å². The predicted octanol–water partition coefficient (Wildman–Crippen LogP) is 2.70. The molecule has 0 unspecified atom stereocenters. The van der Waals surface area contributed by atoms with E-state index in [0.29, 0.717) is 5.69 Å². The normalized spacial score (nSPS) is 10.3. The van der Waals surface area contributed by atoms with E-state index in [4.69, 9.17) is 0 Å². The molecule has 2 aromatic rings. The van der Waals surface area contributed by atoms with E-state index in [1.54, 1.807) is 19.2 Å². The van der Waals surface area contributed by atoms with Crippen molar-refractivity contribution in [2.24, 2.45) is 0 Å². The van der Waals surface area contributed by atoms with Gasteiger partial charge in [-0.2, -0.15) is 0 Å². The largest absolute Gasteiger partial charge is 0.351 e. The van der Waals surface area contributed by atoms with Gasteiger partial charge in [0.15, 0.2) is 11.6 Å². The molecule has 0 aliphatic rings. The number of aryl methyl sites for hydroxylation is 1. The Hall–Kier alpha value is -2.54. The molecule has 0 bridgehead atoms. The van der Waals surface area contributed by atoms with Crippen LogP contribution in [0, 0.1) is 18.6 Å². The minimum Gasteiger partial charge on any atom is -0.351 e. The Labute approximate surface area is 119 Å². The van der Waals surface area contributed by atoms with E-state index in [0.717, 1.165) is 11.6 Å². The van der Waals surface area contributed by atoms with Crippen molar-refractivity contribution in [1.29, 1.82) is 0 Å². The first kappa shape index (κ1) is 14.9. The quantitative estimate of drug-likeness (QED) is 0.851. The van der Waals surface area contributed by atoms with Crippen molar-refractivity contribution in [3.8, 4) is 0 Å². The molecule has 110 valence electrons. The van der Waals surface area contributed by atoms with Gasteiger partial charge in [-0.25, -0.2) is 14.3 Å². The second kappa shape index (κ2) is 6.27. The monoisotopic (exact) mass is 293 g/mol. The van der Waals surface area contributed by atoms with Gasteiger partial charge in [0.05, 0.1) is 30.2 Å². The molecule has 0 aliphatic heterocycles. The smallest absolute Gasteiger partial charge is 0.277 e. The first-order chi connectivity index (χ1) is 10.0. The van der Waals surface area contributed by atoms with Gasteiger partial charge in [-0.05, 0) is 30.7 Å². The molecule has 2 N–H and O–H groups in total. The van der Waals surface area contributed by atoms with Crippen LogP contribution in [-0.4, -0.2) is 18.0 Å². The molecule has 2 rings (SSSR count). The fourth-order valence-corrected chi connectivity index (χ4v) is 1.78. The molecule has 5 nitrogen and oxygen atoms in total. The van der Waals surface area contributed by atoms with Gasteiger partial charge in [-0.15, -0.1) is 0 Å². The maximum atomic E-state index is 14.0. The average molecular weight is 293 g/mol. The molecule has 0 saturated carbocycles. The topological polar surface area (TPSA) is 63.2 Å². The molecule has 0 spiro atoms. The summed E-state index contributed by atoms with van der Waals surface area (Å²) in [5, 5.41) is 2.67. The summed E-state index contributed by atoms with van der Waals surface area (Å²) in [7, 11) is 1.25. The standard InChI is InChI=1S/C14H13F2N3O2/c1-8-5-9(7-17-6-8)18-13-10(14(20)19-21-2)3-4-11(15)12(13)16/h3-7,18H,1-2H3,(H,19,20). The van der Waals surface area contributed by atoms with E-state index in [1.165, 1.54) is 19.4 Å². The number of halogens is 2. The third-order valence-electron chi connectivity index (χ3n) is 2.68. The second-order valence-corrected chi connectivity index (χ2v) is 4.30. The molecule has 0 saturated heterocycles. The van der Waals surface area contributed by atoms with Crippen molar-refractivity contribution in [1.82, 2.24) is 10.5 Å². The number of nitrogens with one attached hydrogen (secondary N) is 2. The van der Waals surface area contributed by atoms with E-state index < -0.39 is 17.5 Å². The van der Waals surface area contributed by atoms with E-state index in [2.05, 4.69) is 20.6 Å². The summed E-state index contributed by atoms with van der Waals surface area (Å²) < 4.78 is 27.4. The van der Waals surface area contributed by atoms with Gasteiger partial charge in [0.25, 0.3) is 5.91 Å². The Bertz CT molecular complexity index is 677. The number of hydroxylamine groups is 1. The van der Waals surface area contributed by atoms with Crippen molar-refractivity contribution in [3.63, 3.8) is 0 Å². The molecule has 0 atom stereocenters. The number of nitrogens with zero attached hydrogens (tertiary/aromatic N) is 1. The fourth-order valence-electron chi connectivity index (χ4n) is 1.78. The number of carbonyl (C=O) groups is 1. The summed E-state index contributed by atoms with van der Waals surface area (Å²) >= 11 is 0. The molecule has 7 heteroatoms. The molecule has 1 amide bonds. The highest BCUT2D eigenvalue weighted by atomic mass is 19.2. The molecule has 1 heterocycles. The predicted molar refractivity (Wildman–Crippen MR) is 73.1 cm³/mol. The first-order valence-electron chi connectivity index (χ1n) is 6.03. The number of hydrogen-bond donors (Lipinski definition) is 2. The van der Waals surface area contributed by atoms with Crippen LogP contribution in [0.5, 0.6) is 0 Å². The molecule has 0 fully saturated rings. The minimum atomic E-state index is -1.15. The maximum absolute atomic E-state index is 14.0. The van der Waals surface area contributed by atoms with Crippen molar-refractivity contribution < 1.29 is 18.4 Å². The summed E-state index contributed by atoms with van der Waals surface area (Å²) in [5.74, 6) is -2.91. The number of carbonyl (C=O) groups excluding carboxylic acids is 1. The van der Waals surface area contributed by atoms with Crippen LogP contribution in [0.25, 0.3) is 0 Å². The van der Waals surface area contributed by atoms with Gasteiger partial charge < -0.3 is 5.32 Å². The molecular formula is C14H13F2N3O2. The zero-order chi connectivity index (χ0) is 15.4. The van der Waals surface area contributed by atoms with Gasteiger partial charge in [0, 0.05) is 6.20 Å². The zero-order valence-corrected chi connectivity index (χ0v) is 11.4. The summed E-state index contributed by atoms with van der Waals surface area (Å²) in [5.41, 5.74) is 2.97. The fraction of sp³-hybridized carbons (Fsp3) is 0.143. The van der Waals surface area contributed by atoms with E-state index >= 15 is 0 Å². The van der Waals surface area contributed by atoms with Gasteiger partial charge in [0.2, 0.25) is 0 Å². The number of amides is 1. The molecule has 1 aromatic heterocycles. The Morgan fingerprint density at radius 3 is 2.71 bits per heavy atom. The summed E-state index contributed by atoms with van der Waals surface area (Å²) in [6.45, 7) is 1.80. The zero-order valence-electron chi connectivity index (χ0n) is 11.4. The lowest BCUT2D eigenvalue weighted by molar-refractivity contribution is 0.0538. The highest BCUT2D eigenvalue weighted by Gasteiger charge is 2.19. The Kier molecular flexibility index (Phi) is 4.44. The van der Waals surface area contributed by atoms with Crippen LogP contribution in [0.3, 0.4) is 0 Å². The molecule has 0 aliphatic carbocycles. The van der Waals surface area contributed by atoms with E-state index in [9.17, 15) is 13.6 Å². The third-order valence-corrected chi connectivity index (χ3v) is 2.68. The Morgan fingerprint density at radius 1 is 1.29 bits per heavy atom. The number of anilines is 2. The maximum Gasteiger partial charge on any atom is 0.277 e. The summed E-state index contributed by atoms with van der Waals surface area (Å²) in [6.07, 6.45) is 3.06. The van der Waals surface area contributed by atoms with Gasteiger partial charge in [-0.3, -0.25) is 14.6 Å². The lowest BCUT2D eigenvalue weighted by Gasteiger charge is -2.13. The summed E-state index contributed by atoms with van der Waals surface area (Å²) in [6, 6.07) is 3.73. The number of benzene rings is 1. The highest BCUT2D eigenvalue weighted by Crippen LogP contribution is 2.26. The van der Waals surface area contributed by atoms with Crippen LogP contribution < -0.4 is 10.8 Å². The number of hydrogen-bond acceptors (Lipinski definition) is 4. The lowest BCUT2D eigenvalue weighted by atomic mass is 10.1. The minimum absolute atomic E-state index is 0.0859. The molecule has 1 aromatic carbocycles. The molecule has 21 heavy (non-hydrogen) atoms. The third kappa shape index (κ3) is 3.32. The number of aromatic nitrogens is 1. The number of rotatable bonds is 4. The van der Waals surface area contributed by atoms with E-state index in [-0.39, 0.29) is 11.3 Å². The van der Waals surface area contributed by atoms with Crippen LogP contribution in [0.1, 0.15) is 15.9 Å². The average Bonchev–Trinajstić information content (AvgIpc) is 2.44. The SMILES string of the molecule is CONC(=O)c1ccc(F)c(F)c1Nc1cncc(C)c1. The van der Waals surface area contributed by atoms with Crippen molar-refractivity contribution >= 4 is 17.3 Å². The highest BCUT2D eigenvalue weighted by molar-refractivity contribution is 5.99. The summed E-state index contributed by atoms with van der Waals surface area (Å²) in [4.78, 5) is 20.2. The van der Waals surface area contributed by atoms with E-state index in [1.807, 2.05) is 0 Å². The van der Waals surface area contributed by atoms with Crippen LogP contribution in [-0.2, 0) is 4.84 Å². The molecular weight excluding hydrogens is 280 g/mol. The van der Waals surface area contributed by atoms with Crippen LogP contribution in [0.4, 0.5) is 20.2 Å². The number of pyridine rings is 1. The Balaban J connectivity index is 2.45. The van der Waals surface area contributed by atoms with Gasteiger partial charge in [-0.1, -0.05) is 0 Å². The van der Waals surface area contributed by atoms with Crippen LogP contribution >= 0.6 is 0 Å². The van der Waals surface area contributed by atoms with Crippen molar-refractivity contribution in [3.05, 3.63) is 53.4 Å². The van der Waals surface area contributed by atoms with Crippen LogP contribution in [0.2, 0.25) is 0 Å². The van der Waals surface area contributed by atoms with Crippen molar-refractivity contribution in [2.45, 2.75) is 6.92 Å². The van der Waals surface area contributed by atoms with Crippen LogP contribution in [0.15, 0.2) is 30.6 Å². The Morgan fingerprint density at radius 2 is 2.05 bits per heavy atom. The molecule has 0 radical (unpaired) electrons. The van der Waals surface area contributed by atoms with Crippen molar-refractivity contribution in [2.75, 3.05) is 12.4 Å².